The van der Waals surface area contributed by atoms with E-state index in [9.17, 15) is 9.18 Å². The Bertz CT molecular complexity index is 307. The van der Waals surface area contributed by atoms with Gasteiger partial charge in [-0.15, -0.1) is 0 Å². The number of aromatic nitrogens is 1. The predicted molar refractivity (Wildman–Crippen MR) is 45.3 cm³/mol. The van der Waals surface area contributed by atoms with Crippen LogP contribution in [0.4, 0.5) is 4.39 Å². The third-order valence-electron chi connectivity index (χ3n) is 1.55. The van der Waals surface area contributed by atoms with E-state index in [-0.39, 0.29) is 11.4 Å². The highest BCUT2D eigenvalue weighted by Gasteiger charge is 2.08. The van der Waals surface area contributed by atoms with Crippen molar-refractivity contribution in [3.63, 3.8) is 0 Å². The molecule has 12 heavy (non-hydrogen) atoms. The zero-order chi connectivity index (χ0) is 9.14. The highest BCUT2D eigenvalue weighted by Crippen LogP contribution is 2.01. The first kappa shape index (κ1) is 9.41. The molecule has 1 unspecified atom stereocenters. The average Bonchev–Trinajstić information content (AvgIpc) is 2.35. The molecule has 0 aromatic carbocycles. The molecule has 0 aliphatic carbocycles. The molecule has 1 aromatic heterocycles. The van der Waals surface area contributed by atoms with E-state index in [0.29, 0.717) is 0 Å². The highest BCUT2D eigenvalue weighted by molar-refractivity contribution is 7.07. The van der Waals surface area contributed by atoms with Crippen LogP contribution in [0.25, 0.3) is 0 Å². The van der Waals surface area contributed by atoms with Crippen LogP contribution < -0.4 is 4.87 Å². The van der Waals surface area contributed by atoms with Crippen molar-refractivity contribution in [2.75, 3.05) is 6.67 Å². The fourth-order valence-electron chi connectivity index (χ4n) is 0.885. The van der Waals surface area contributed by atoms with Crippen molar-refractivity contribution in [2.24, 2.45) is 0 Å². The van der Waals surface area contributed by atoms with Gasteiger partial charge >= 0.3 is 4.87 Å². The second kappa shape index (κ2) is 3.82. The van der Waals surface area contributed by atoms with E-state index in [1.54, 1.807) is 12.3 Å². The SMILES string of the molecule is Cc1csc(=O)n1CC(O)CF. The summed E-state index contributed by atoms with van der Waals surface area (Å²) in [7, 11) is 0. The lowest BCUT2D eigenvalue weighted by molar-refractivity contribution is 0.121. The molecular weight excluding hydrogens is 181 g/mol. The number of hydrogen-bond acceptors (Lipinski definition) is 3. The molecule has 0 aliphatic heterocycles. The number of hydrogen-bond donors (Lipinski definition) is 1. The number of rotatable bonds is 3. The van der Waals surface area contributed by atoms with Gasteiger partial charge in [0, 0.05) is 11.1 Å². The number of nitrogens with zero attached hydrogens (tertiary/aromatic N) is 1. The largest absolute Gasteiger partial charge is 0.389 e. The fraction of sp³-hybridized carbons (Fsp3) is 0.571. The topological polar surface area (TPSA) is 42.2 Å². The van der Waals surface area contributed by atoms with E-state index in [1.807, 2.05) is 0 Å². The second-order valence-electron chi connectivity index (χ2n) is 2.56. The summed E-state index contributed by atoms with van der Waals surface area (Å²) >= 11 is 1.06. The summed E-state index contributed by atoms with van der Waals surface area (Å²) < 4.78 is 13.2. The highest BCUT2D eigenvalue weighted by atomic mass is 32.1. The molecule has 1 N–H and O–H groups in total. The smallest absolute Gasteiger partial charge is 0.307 e. The van der Waals surface area contributed by atoms with E-state index in [1.165, 1.54) is 4.57 Å². The number of aliphatic hydroxyl groups is 1. The maximum atomic E-state index is 11.9. The van der Waals surface area contributed by atoms with E-state index in [0.717, 1.165) is 17.0 Å². The lowest BCUT2D eigenvalue weighted by atomic mass is 10.4. The Kier molecular flexibility index (Phi) is 2.99. The molecule has 0 bridgehead atoms. The van der Waals surface area contributed by atoms with Crippen molar-refractivity contribution < 1.29 is 9.50 Å². The first-order chi connectivity index (χ1) is 5.65. The molecule has 0 saturated heterocycles. The van der Waals surface area contributed by atoms with Crippen LogP contribution in [0.5, 0.6) is 0 Å². The minimum absolute atomic E-state index is 0.0463. The lowest BCUT2D eigenvalue weighted by Gasteiger charge is -2.07. The minimum Gasteiger partial charge on any atom is -0.389 e. The fourth-order valence-corrected chi connectivity index (χ4v) is 1.63. The maximum Gasteiger partial charge on any atom is 0.307 e. The molecule has 1 heterocycles. The molecule has 3 nitrogen and oxygen atoms in total. The van der Waals surface area contributed by atoms with Crippen LogP contribution in [0.2, 0.25) is 0 Å². The van der Waals surface area contributed by atoms with Gasteiger partial charge < -0.3 is 9.67 Å². The van der Waals surface area contributed by atoms with Crippen LogP contribution >= 0.6 is 11.3 Å². The molecule has 0 saturated carbocycles. The molecule has 0 spiro atoms. The number of aryl methyl sites for hydroxylation is 1. The maximum absolute atomic E-state index is 11.9. The van der Waals surface area contributed by atoms with Gasteiger partial charge in [-0.05, 0) is 6.92 Å². The Morgan fingerprint density at radius 1 is 1.83 bits per heavy atom. The summed E-state index contributed by atoms with van der Waals surface area (Å²) in [6, 6.07) is 0. The van der Waals surface area contributed by atoms with Gasteiger partial charge in [-0.25, -0.2) is 4.39 Å². The van der Waals surface area contributed by atoms with Crippen molar-refractivity contribution in [3.05, 3.63) is 20.7 Å². The Morgan fingerprint density at radius 2 is 2.50 bits per heavy atom. The zero-order valence-corrected chi connectivity index (χ0v) is 7.47. The molecule has 0 radical (unpaired) electrons. The number of aliphatic hydroxyl groups excluding tert-OH is 1. The summed E-state index contributed by atoms with van der Waals surface area (Å²) in [6.07, 6.45) is -1.07. The zero-order valence-electron chi connectivity index (χ0n) is 6.66. The number of thiazole rings is 1. The van der Waals surface area contributed by atoms with Crippen LogP contribution in [0.15, 0.2) is 10.2 Å². The summed E-state index contributed by atoms with van der Waals surface area (Å²) in [5, 5.41) is 10.6. The Hall–Kier alpha value is -0.680. The van der Waals surface area contributed by atoms with Crippen molar-refractivity contribution in [1.82, 2.24) is 4.57 Å². The van der Waals surface area contributed by atoms with E-state index in [2.05, 4.69) is 0 Å². The molecule has 5 heteroatoms. The van der Waals surface area contributed by atoms with Gasteiger partial charge in [0.15, 0.2) is 0 Å². The van der Waals surface area contributed by atoms with Gasteiger partial charge in [0.2, 0.25) is 0 Å². The van der Waals surface area contributed by atoms with Crippen molar-refractivity contribution in [1.29, 1.82) is 0 Å². The Balaban J connectivity index is 2.81. The minimum atomic E-state index is -1.07. The van der Waals surface area contributed by atoms with Crippen LogP contribution in [0, 0.1) is 6.92 Å². The third-order valence-corrected chi connectivity index (χ3v) is 2.43. The van der Waals surface area contributed by atoms with Crippen molar-refractivity contribution in [3.8, 4) is 0 Å². The van der Waals surface area contributed by atoms with Crippen LogP contribution in [0.1, 0.15) is 5.69 Å². The van der Waals surface area contributed by atoms with Crippen molar-refractivity contribution in [2.45, 2.75) is 19.6 Å². The first-order valence-electron chi connectivity index (χ1n) is 3.54. The van der Waals surface area contributed by atoms with E-state index in [4.69, 9.17) is 5.11 Å². The molecular formula is C7H10FNO2S. The van der Waals surface area contributed by atoms with E-state index >= 15 is 0 Å². The monoisotopic (exact) mass is 191 g/mol. The van der Waals surface area contributed by atoms with Crippen LogP contribution in [0.3, 0.4) is 0 Å². The van der Waals surface area contributed by atoms with Gasteiger partial charge in [0.1, 0.15) is 12.8 Å². The first-order valence-corrected chi connectivity index (χ1v) is 4.42. The Morgan fingerprint density at radius 3 is 2.92 bits per heavy atom. The van der Waals surface area contributed by atoms with Gasteiger partial charge in [0.05, 0.1) is 6.54 Å². The Labute approximate surface area is 73.1 Å². The van der Waals surface area contributed by atoms with Gasteiger partial charge in [-0.3, -0.25) is 4.79 Å². The summed E-state index contributed by atoms with van der Waals surface area (Å²) in [6.45, 7) is 0.981. The lowest BCUT2D eigenvalue weighted by Crippen LogP contribution is -2.24. The summed E-state index contributed by atoms with van der Waals surface area (Å²) in [5.74, 6) is 0. The third kappa shape index (κ3) is 1.92. The number of halogens is 1. The predicted octanol–water partition coefficient (Wildman–Crippen LogP) is 0.549. The normalized spacial score (nSPS) is 13.2. The van der Waals surface area contributed by atoms with E-state index < -0.39 is 12.8 Å². The molecule has 0 amide bonds. The quantitative estimate of drug-likeness (QED) is 0.758. The number of alkyl halides is 1. The molecule has 1 rings (SSSR count). The molecule has 1 aromatic rings. The summed E-state index contributed by atoms with van der Waals surface area (Å²) in [4.78, 5) is 10.9. The van der Waals surface area contributed by atoms with Crippen molar-refractivity contribution >= 4 is 11.3 Å². The van der Waals surface area contributed by atoms with Gasteiger partial charge in [-0.1, -0.05) is 11.3 Å². The van der Waals surface area contributed by atoms with Gasteiger partial charge in [0.25, 0.3) is 0 Å². The summed E-state index contributed by atoms with van der Waals surface area (Å²) in [5.41, 5.74) is 0.762. The second-order valence-corrected chi connectivity index (χ2v) is 3.38. The average molecular weight is 191 g/mol. The molecule has 0 fully saturated rings. The van der Waals surface area contributed by atoms with Gasteiger partial charge in [-0.2, -0.15) is 0 Å². The molecule has 1 atom stereocenters. The van der Waals surface area contributed by atoms with Crippen LogP contribution in [-0.2, 0) is 6.54 Å². The molecule has 68 valence electrons. The molecule has 0 aliphatic rings. The standard InChI is InChI=1S/C7H10FNO2S/c1-5-4-12-7(11)9(5)3-6(10)2-8/h4,6,10H,2-3H2,1H3. The van der Waals surface area contributed by atoms with Crippen LogP contribution in [-0.4, -0.2) is 22.5 Å².